The van der Waals surface area contributed by atoms with Crippen LogP contribution >= 0.6 is 23.1 Å². The van der Waals surface area contributed by atoms with E-state index in [-0.39, 0.29) is 5.56 Å². The van der Waals surface area contributed by atoms with Gasteiger partial charge in [-0.05, 0) is 23.4 Å². The van der Waals surface area contributed by atoms with Crippen molar-refractivity contribution in [1.29, 1.82) is 0 Å². The SMILES string of the molecule is CCSc1nnc2n(-c3ccccc3)c(=O)c3c4c(sc3n12)C[NH+](C)CC4. The Morgan fingerprint density at radius 3 is 2.85 bits per heavy atom. The maximum atomic E-state index is 13.6. The van der Waals surface area contributed by atoms with Gasteiger partial charge in [-0.1, -0.05) is 36.9 Å². The number of benzene rings is 1. The van der Waals surface area contributed by atoms with Crippen molar-refractivity contribution in [2.24, 2.45) is 0 Å². The molecule has 138 valence electrons. The largest absolute Gasteiger partial charge is 0.333 e. The summed E-state index contributed by atoms with van der Waals surface area (Å²) in [5, 5.41) is 10.5. The van der Waals surface area contributed by atoms with Crippen LogP contribution in [0.3, 0.4) is 0 Å². The molecule has 5 rings (SSSR count). The van der Waals surface area contributed by atoms with E-state index in [1.54, 1.807) is 27.7 Å². The molecule has 1 aliphatic heterocycles. The van der Waals surface area contributed by atoms with Crippen LogP contribution in [0.15, 0.2) is 40.3 Å². The summed E-state index contributed by atoms with van der Waals surface area (Å²) in [7, 11) is 2.21. The highest BCUT2D eigenvalue weighted by Gasteiger charge is 2.27. The fourth-order valence-corrected chi connectivity index (χ4v) is 5.97. The molecule has 1 unspecified atom stereocenters. The summed E-state index contributed by atoms with van der Waals surface area (Å²) in [6.45, 7) is 4.13. The standard InChI is InChI=1S/C19H19N5OS2/c1-3-26-19-21-20-18-23(12-7-5-4-6-8-12)16(25)15-13-9-10-22(2)11-14(13)27-17(15)24(18)19/h4-8H,3,9-11H2,1-2H3/p+1. The zero-order chi connectivity index (χ0) is 18.5. The van der Waals surface area contributed by atoms with Gasteiger partial charge in [-0.2, -0.15) is 0 Å². The predicted octanol–water partition coefficient (Wildman–Crippen LogP) is 1.78. The highest BCUT2D eigenvalue weighted by molar-refractivity contribution is 7.99. The highest BCUT2D eigenvalue weighted by Crippen LogP contribution is 2.33. The zero-order valence-corrected chi connectivity index (χ0v) is 16.9. The first-order valence-corrected chi connectivity index (χ1v) is 10.9. The number of nitrogens with zero attached hydrogens (tertiary/aromatic N) is 4. The molecule has 1 N–H and O–H groups in total. The molecule has 3 aromatic heterocycles. The maximum Gasteiger partial charge on any atom is 0.268 e. The van der Waals surface area contributed by atoms with Crippen LogP contribution in [0.5, 0.6) is 0 Å². The average Bonchev–Trinajstić information content (AvgIpc) is 3.24. The van der Waals surface area contributed by atoms with Crippen LogP contribution in [0.4, 0.5) is 0 Å². The summed E-state index contributed by atoms with van der Waals surface area (Å²) in [6, 6.07) is 9.75. The molecule has 6 nitrogen and oxygen atoms in total. The number of hydrogen-bond acceptors (Lipinski definition) is 5. The Labute approximate surface area is 164 Å². The summed E-state index contributed by atoms with van der Waals surface area (Å²) in [6.07, 6.45) is 0.940. The molecule has 0 saturated carbocycles. The van der Waals surface area contributed by atoms with E-state index in [1.807, 2.05) is 30.3 Å². The van der Waals surface area contributed by atoms with Gasteiger partial charge >= 0.3 is 0 Å². The number of thiophene rings is 1. The van der Waals surface area contributed by atoms with E-state index in [9.17, 15) is 4.79 Å². The molecule has 0 radical (unpaired) electrons. The van der Waals surface area contributed by atoms with Crippen LogP contribution in [-0.4, -0.2) is 38.5 Å². The third kappa shape index (κ3) is 2.55. The number of likely N-dealkylation sites (N-methyl/N-ethyl adjacent to an activating group) is 1. The van der Waals surface area contributed by atoms with Crippen LogP contribution in [-0.2, 0) is 13.0 Å². The van der Waals surface area contributed by atoms with Crippen molar-refractivity contribution in [3.8, 4) is 5.69 Å². The molecule has 0 amide bonds. The van der Waals surface area contributed by atoms with E-state index < -0.39 is 0 Å². The van der Waals surface area contributed by atoms with Gasteiger partial charge in [0.2, 0.25) is 5.78 Å². The minimum atomic E-state index is 0.0150. The van der Waals surface area contributed by atoms with Gasteiger partial charge in [-0.15, -0.1) is 21.5 Å². The molecule has 1 atom stereocenters. The minimum Gasteiger partial charge on any atom is -0.333 e. The van der Waals surface area contributed by atoms with Crippen molar-refractivity contribution in [3.05, 3.63) is 51.1 Å². The molecule has 0 spiro atoms. The van der Waals surface area contributed by atoms with Crippen molar-refractivity contribution in [1.82, 2.24) is 19.2 Å². The number of aromatic nitrogens is 4. The first-order chi connectivity index (χ1) is 13.2. The molecule has 0 aliphatic carbocycles. The molecular formula is C19H20N5OS2+. The normalized spacial score (nSPS) is 16.9. The third-order valence-electron chi connectivity index (χ3n) is 5.06. The number of quaternary nitrogens is 1. The molecular weight excluding hydrogens is 378 g/mol. The lowest BCUT2D eigenvalue weighted by atomic mass is 10.1. The van der Waals surface area contributed by atoms with Crippen molar-refractivity contribution in [2.45, 2.75) is 25.0 Å². The molecule has 4 aromatic rings. The second kappa shape index (κ2) is 6.47. The third-order valence-corrected chi connectivity index (χ3v) is 7.09. The average molecular weight is 399 g/mol. The fraction of sp³-hybridized carbons (Fsp3) is 0.316. The van der Waals surface area contributed by atoms with Gasteiger partial charge in [-0.25, -0.2) is 8.97 Å². The lowest BCUT2D eigenvalue weighted by Crippen LogP contribution is -3.08. The van der Waals surface area contributed by atoms with Crippen LogP contribution in [0.2, 0.25) is 0 Å². The second-order valence-corrected chi connectivity index (χ2v) is 9.16. The van der Waals surface area contributed by atoms with E-state index in [0.29, 0.717) is 5.78 Å². The summed E-state index contributed by atoms with van der Waals surface area (Å²) >= 11 is 3.39. The van der Waals surface area contributed by atoms with E-state index >= 15 is 0 Å². The van der Waals surface area contributed by atoms with Crippen LogP contribution < -0.4 is 10.5 Å². The second-order valence-electron chi connectivity index (χ2n) is 6.84. The quantitative estimate of drug-likeness (QED) is 0.535. The lowest BCUT2D eigenvalue weighted by molar-refractivity contribution is -0.895. The summed E-state index contributed by atoms with van der Waals surface area (Å²) < 4.78 is 3.80. The summed E-state index contributed by atoms with van der Waals surface area (Å²) in [4.78, 5) is 17.4. The van der Waals surface area contributed by atoms with Crippen LogP contribution in [0.1, 0.15) is 17.4 Å². The van der Waals surface area contributed by atoms with Crippen molar-refractivity contribution in [3.63, 3.8) is 0 Å². The molecule has 0 saturated heterocycles. The van der Waals surface area contributed by atoms with Crippen molar-refractivity contribution >= 4 is 39.1 Å². The Bertz CT molecular complexity index is 1210. The number of rotatable bonds is 3. The van der Waals surface area contributed by atoms with Crippen LogP contribution in [0.25, 0.3) is 21.7 Å². The molecule has 1 aliphatic rings. The van der Waals surface area contributed by atoms with E-state index in [4.69, 9.17) is 0 Å². The van der Waals surface area contributed by atoms with Gasteiger partial charge in [0.25, 0.3) is 5.56 Å². The highest BCUT2D eigenvalue weighted by atomic mass is 32.2. The van der Waals surface area contributed by atoms with Gasteiger partial charge in [0.1, 0.15) is 11.4 Å². The molecule has 27 heavy (non-hydrogen) atoms. The Morgan fingerprint density at radius 1 is 1.26 bits per heavy atom. The number of para-hydroxylation sites is 1. The topological polar surface area (TPSA) is 56.6 Å². The minimum absolute atomic E-state index is 0.0150. The Kier molecular flexibility index (Phi) is 4.07. The predicted molar refractivity (Wildman–Crippen MR) is 110 cm³/mol. The summed E-state index contributed by atoms with van der Waals surface area (Å²) in [5.41, 5.74) is 2.06. The number of hydrogen-bond donors (Lipinski definition) is 1. The maximum absolute atomic E-state index is 13.6. The van der Waals surface area contributed by atoms with Crippen molar-refractivity contribution < 1.29 is 4.90 Å². The number of fused-ring (bicyclic) bond motifs is 5. The molecule has 0 bridgehead atoms. The Morgan fingerprint density at radius 2 is 2.07 bits per heavy atom. The fourth-order valence-electron chi connectivity index (χ4n) is 3.80. The zero-order valence-electron chi connectivity index (χ0n) is 15.2. The van der Waals surface area contributed by atoms with E-state index in [2.05, 4.69) is 28.6 Å². The lowest BCUT2D eigenvalue weighted by Gasteiger charge is -2.19. The summed E-state index contributed by atoms with van der Waals surface area (Å²) in [5.74, 6) is 1.50. The van der Waals surface area contributed by atoms with Gasteiger partial charge in [0.15, 0.2) is 5.16 Å². The molecule has 0 fully saturated rings. The van der Waals surface area contributed by atoms with E-state index in [1.165, 1.54) is 15.3 Å². The first kappa shape index (κ1) is 17.0. The molecule has 1 aromatic carbocycles. The first-order valence-electron chi connectivity index (χ1n) is 9.13. The Hall–Kier alpha value is -2.16. The number of nitrogens with one attached hydrogen (secondary N) is 1. The smallest absolute Gasteiger partial charge is 0.268 e. The van der Waals surface area contributed by atoms with Gasteiger partial charge < -0.3 is 4.90 Å². The van der Waals surface area contributed by atoms with Gasteiger partial charge in [0, 0.05) is 6.42 Å². The van der Waals surface area contributed by atoms with Crippen LogP contribution in [0, 0.1) is 0 Å². The van der Waals surface area contributed by atoms with E-state index in [0.717, 1.165) is 46.3 Å². The van der Waals surface area contributed by atoms with Crippen molar-refractivity contribution in [2.75, 3.05) is 19.3 Å². The Balaban J connectivity index is 1.95. The monoisotopic (exact) mass is 398 g/mol. The number of thioether (sulfide) groups is 1. The molecule has 8 heteroatoms. The molecule has 4 heterocycles. The van der Waals surface area contributed by atoms with Gasteiger partial charge in [0.05, 0.1) is 29.5 Å². The van der Waals surface area contributed by atoms with Gasteiger partial charge in [-0.3, -0.25) is 4.79 Å².